The van der Waals surface area contributed by atoms with Crippen molar-refractivity contribution in [3.63, 3.8) is 0 Å². The number of nitro benzene ring substituents is 1. The molecule has 1 rings (SSSR count). The average Bonchev–Trinajstić information content (AvgIpc) is 2.15. The lowest BCUT2D eigenvalue weighted by Crippen LogP contribution is -2.10. The van der Waals surface area contributed by atoms with E-state index in [1.807, 2.05) is 0 Å². The van der Waals surface area contributed by atoms with Crippen molar-refractivity contribution < 1.29 is 9.72 Å². The third-order valence-corrected chi connectivity index (χ3v) is 2.37. The Labute approximate surface area is 99.5 Å². The van der Waals surface area contributed by atoms with Gasteiger partial charge in [-0.15, -0.1) is 0 Å². The molecule has 0 heterocycles. The first-order chi connectivity index (χ1) is 6.91. The number of hydrogen-bond acceptors (Lipinski definition) is 3. The number of benzene rings is 1. The summed E-state index contributed by atoms with van der Waals surface area (Å²) < 4.78 is 0. The van der Waals surface area contributed by atoms with Gasteiger partial charge in [0.1, 0.15) is 0 Å². The number of nitrogens with zero attached hydrogens (tertiary/aromatic N) is 1. The number of non-ortho nitro benzene ring substituents is 1. The van der Waals surface area contributed by atoms with E-state index in [9.17, 15) is 14.9 Å². The van der Waals surface area contributed by atoms with Crippen molar-refractivity contribution in [3.05, 3.63) is 38.9 Å². The summed E-state index contributed by atoms with van der Waals surface area (Å²) in [5.74, 6) is -0.236. The van der Waals surface area contributed by atoms with Crippen LogP contribution in [0, 0.1) is 10.1 Å². The minimum absolute atomic E-state index is 0.181. The number of ketones is 1. The van der Waals surface area contributed by atoms with Gasteiger partial charge in [-0.2, -0.15) is 0 Å². The maximum absolute atomic E-state index is 11.5. The summed E-state index contributed by atoms with van der Waals surface area (Å²) in [6, 6.07) is 3.83. The Kier molecular flexibility index (Phi) is 3.82. The average molecular weight is 293 g/mol. The summed E-state index contributed by atoms with van der Waals surface area (Å²) in [5, 5.41) is 10.7. The molecule has 0 spiro atoms. The van der Waals surface area contributed by atoms with Gasteiger partial charge >= 0.3 is 0 Å². The van der Waals surface area contributed by atoms with Crippen molar-refractivity contribution in [2.75, 3.05) is 0 Å². The molecule has 0 bridgehead atoms. The van der Waals surface area contributed by atoms with Crippen LogP contribution in [0.5, 0.6) is 0 Å². The van der Waals surface area contributed by atoms with Crippen molar-refractivity contribution >= 4 is 39.0 Å². The van der Waals surface area contributed by atoms with Crippen LogP contribution in [0.4, 0.5) is 5.69 Å². The zero-order valence-electron chi connectivity index (χ0n) is 7.74. The Morgan fingerprint density at radius 3 is 2.60 bits per heavy atom. The van der Waals surface area contributed by atoms with Crippen LogP contribution in [-0.2, 0) is 0 Å². The van der Waals surface area contributed by atoms with Gasteiger partial charge in [-0.3, -0.25) is 14.9 Å². The molecule has 0 saturated carbocycles. The smallest absolute Gasteiger partial charge is 0.271 e. The number of rotatable bonds is 3. The molecule has 1 atom stereocenters. The molecular weight excluding hydrogens is 285 g/mol. The van der Waals surface area contributed by atoms with Crippen molar-refractivity contribution in [2.45, 2.75) is 11.8 Å². The molecule has 0 aromatic heterocycles. The molecule has 0 saturated heterocycles. The van der Waals surface area contributed by atoms with Crippen LogP contribution in [0.15, 0.2) is 18.2 Å². The second kappa shape index (κ2) is 4.72. The Balaban J connectivity index is 3.20. The summed E-state index contributed by atoms with van der Waals surface area (Å²) in [6.07, 6.45) is 0. The van der Waals surface area contributed by atoms with E-state index in [1.165, 1.54) is 18.2 Å². The highest BCUT2D eigenvalue weighted by atomic mass is 79.9. The molecule has 80 valence electrons. The normalized spacial score (nSPS) is 12.2. The second-order valence-electron chi connectivity index (χ2n) is 2.94. The van der Waals surface area contributed by atoms with E-state index in [0.717, 1.165) is 0 Å². The minimum Gasteiger partial charge on any atom is -0.293 e. The van der Waals surface area contributed by atoms with Gasteiger partial charge in [0.25, 0.3) is 5.69 Å². The maximum atomic E-state index is 11.5. The van der Waals surface area contributed by atoms with Crippen molar-refractivity contribution in [1.82, 2.24) is 0 Å². The van der Waals surface area contributed by atoms with Crippen LogP contribution in [-0.4, -0.2) is 15.5 Å². The molecule has 1 unspecified atom stereocenters. The Morgan fingerprint density at radius 2 is 2.13 bits per heavy atom. The Bertz CT molecular complexity index is 420. The van der Waals surface area contributed by atoms with Crippen LogP contribution in [0.2, 0.25) is 5.02 Å². The van der Waals surface area contributed by atoms with Gasteiger partial charge in [0.05, 0.1) is 9.75 Å². The molecule has 0 aliphatic carbocycles. The van der Waals surface area contributed by atoms with E-state index in [-0.39, 0.29) is 22.1 Å². The molecule has 1 aromatic carbocycles. The minimum atomic E-state index is -0.582. The lowest BCUT2D eigenvalue weighted by Gasteiger charge is -2.03. The maximum Gasteiger partial charge on any atom is 0.271 e. The molecule has 0 aliphatic heterocycles. The number of alkyl halides is 1. The Morgan fingerprint density at radius 1 is 1.53 bits per heavy atom. The quantitative estimate of drug-likeness (QED) is 0.372. The highest BCUT2D eigenvalue weighted by molar-refractivity contribution is 9.10. The van der Waals surface area contributed by atoms with Gasteiger partial charge < -0.3 is 0 Å². The Hall–Kier alpha value is -0.940. The van der Waals surface area contributed by atoms with Crippen molar-refractivity contribution in [1.29, 1.82) is 0 Å². The molecule has 1 aromatic rings. The zero-order valence-corrected chi connectivity index (χ0v) is 10.1. The molecule has 4 nitrogen and oxygen atoms in total. The van der Waals surface area contributed by atoms with Gasteiger partial charge in [-0.25, -0.2) is 0 Å². The van der Waals surface area contributed by atoms with Gasteiger partial charge in [0, 0.05) is 22.7 Å². The van der Waals surface area contributed by atoms with E-state index >= 15 is 0 Å². The van der Waals surface area contributed by atoms with Crippen LogP contribution in [0.3, 0.4) is 0 Å². The lowest BCUT2D eigenvalue weighted by atomic mass is 10.1. The molecule has 0 fully saturated rings. The lowest BCUT2D eigenvalue weighted by molar-refractivity contribution is -0.384. The topological polar surface area (TPSA) is 60.2 Å². The molecule has 6 heteroatoms. The highest BCUT2D eigenvalue weighted by Gasteiger charge is 2.16. The van der Waals surface area contributed by atoms with Gasteiger partial charge in [0.2, 0.25) is 0 Å². The fourth-order valence-electron chi connectivity index (χ4n) is 1.05. The summed E-state index contributed by atoms with van der Waals surface area (Å²) in [4.78, 5) is 21.1. The number of nitro groups is 1. The molecule has 0 radical (unpaired) electrons. The van der Waals surface area contributed by atoms with Crippen LogP contribution in [0.1, 0.15) is 17.3 Å². The van der Waals surface area contributed by atoms with Crippen molar-refractivity contribution in [3.8, 4) is 0 Å². The summed E-state index contributed by atoms with van der Waals surface area (Å²) in [7, 11) is 0. The third-order valence-electron chi connectivity index (χ3n) is 1.74. The molecular formula is C9H7BrClNO3. The van der Waals surface area contributed by atoms with Crippen LogP contribution in [0.25, 0.3) is 0 Å². The van der Waals surface area contributed by atoms with E-state index in [1.54, 1.807) is 6.92 Å². The molecule has 0 N–H and O–H groups in total. The second-order valence-corrected chi connectivity index (χ2v) is 4.75. The van der Waals surface area contributed by atoms with Gasteiger partial charge in [-0.1, -0.05) is 27.5 Å². The number of carbonyl (C=O) groups excluding carboxylic acids is 1. The standard InChI is InChI=1S/C9H7BrClNO3/c1-5(10)9(13)6-2-7(11)4-8(3-6)12(14)15/h2-5H,1H3. The predicted molar refractivity (Wildman–Crippen MR) is 60.8 cm³/mol. The van der Waals surface area contributed by atoms with E-state index in [2.05, 4.69) is 15.9 Å². The number of Topliss-reactive ketones (excluding diaryl/α,β-unsaturated/α-hetero) is 1. The number of hydrogen-bond donors (Lipinski definition) is 0. The molecule has 0 aliphatic rings. The van der Waals surface area contributed by atoms with Gasteiger partial charge in [0.15, 0.2) is 5.78 Å². The highest BCUT2D eigenvalue weighted by Crippen LogP contribution is 2.22. The molecule has 0 amide bonds. The number of carbonyl (C=O) groups is 1. The first-order valence-electron chi connectivity index (χ1n) is 4.05. The number of halogens is 2. The fourth-order valence-corrected chi connectivity index (χ4v) is 1.55. The zero-order chi connectivity index (χ0) is 11.6. The summed E-state index contributed by atoms with van der Waals surface area (Å²) in [6.45, 7) is 1.65. The van der Waals surface area contributed by atoms with Crippen LogP contribution < -0.4 is 0 Å². The summed E-state index contributed by atoms with van der Waals surface area (Å²) >= 11 is 8.77. The van der Waals surface area contributed by atoms with Gasteiger partial charge in [-0.05, 0) is 13.0 Å². The third kappa shape index (κ3) is 3.00. The monoisotopic (exact) mass is 291 g/mol. The fraction of sp³-hybridized carbons (Fsp3) is 0.222. The summed E-state index contributed by atoms with van der Waals surface area (Å²) in [5.41, 5.74) is 0.0533. The predicted octanol–water partition coefficient (Wildman–Crippen LogP) is 3.21. The molecule has 15 heavy (non-hydrogen) atoms. The van der Waals surface area contributed by atoms with E-state index in [4.69, 9.17) is 11.6 Å². The van der Waals surface area contributed by atoms with Crippen molar-refractivity contribution in [2.24, 2.45) is 0 Å². The van der Waals surface area contributed by atoms with E-state index < -0.39 is 9.75 Å². The van der Waals surface area contributed by atoms with Crippen LogP contribution >= 0.6 is 27.5 Å². The first kappa shape index (κ1) is 12.1. The largest absolute Gasteiger partial charge is 0.293 e. The SMILES string of the molecule is CC(Br)C(=O)c1cc(Cl)cc([N+](=O)[O-])c1. The van der Waals surface area contributed by atoms with E-state index in [0.29, 0.717) is 0 Å². The first-order valence-corrected chi connectivity index (χ1v) is 5.34.